The van der Waals surface area contributed by atoms with Crippen molar-refractivity contribution in [3.8, 4) is 5.75 Å². The average molecular weight is 287 g/mol. The van der Waals surface area contributed by atoms with Crippen molar-refractivity contribution in [1.29, 1.82) is 0 Å². The van der Waals surface area contributed by atoms with Crippen LogP contribution in [0.1, 0.15) is 33.8 Å². The summed E-state index contributed by atoms with van der Waals surface area (Å²) in [6.07, 6.45) is 1.03. The fourth-order valence-electron chi connectivity index (χ4n) is 2.70. The molecule has 3 rings (SSSR count). The smallest absolute Gasteiger partial charge is 0.176 e. The second kappa shape index (κ2) is 5.38. The highest BCUT2D eigenvalue weighted by molar-refractivity contribution is 7.10. The molecule has 2 aromatic rings. The van der Waals surface area contributed by atoms with Gasteiger partial charge in [-0.2, -0.15) is 0 Å². The van der Waals surface area contributed by atoms with Gasteiger partial charge < -0.3 is 5.11 Å². The number of carbonyl (C=O) groups is 1. The van der Waals surface area contributed by atoms with Crippen LogP contribution < -0.4 is 0 Å². The van der Waals surface area contributed by atoms with Gasteiger partial charge in [0.05, 0.1) is 6.54 Å². The molecule has 0 bridgehead atoms. The molecule has 0 saturated heterocycles. The van der Waals surface area contributed by atoms with Crippen LogP contribution in [0.5, 0.6) is 5.75 Å². The summed E-state index contributed by atoms with van der Waals surface area (Å²) in [7, 11) is 0. The summed E-state index contributed by atoms with van der Waals surface area (Å²) in [5.41, 5.74) is 2.02. The van der Waals surface area contributed by atoms with Crippen LogP contribution >= 0.6 is 11.3 Å². The van der Waals surface area contributed by atoms with Gasteiger partial charge in [-0.05, 0) is 54.6 Å². The summed E-state index contributed by atoms with van der Waals surface area (Å²) in [4.78, 5) is 16.0. The Morgan fingerprint density at radius 2 is 2.10 bits per heavy atom. The lowest BCUT2D eigenvalue weighted by Gasteiger charge is -2.32. The van der Waals surface area contributed by atoms with E-state index in [1.807, 2.05) is 11.3 Å². The molecule has 2 heterocycles. The molecule has 1 N–H and O–H groups in total. The van der Waals surface area contributed by atoms with E-state index in [-0.39, 0.29) is 11.5 Å². The molecule has 0 fully saturated rings. The molecule has 1 aromatic carbocycles. The van der Waals surface area contributed by atoms with Gasteiger partial charge in [-0.25, -0.2) is 0 Å². The van der Waals surface area contributed by atoms with Crippen molar-refractivity contribution >= 4 is 17.1 Å². The Labute approximate surface area is 122 Å². The zero-order valence-corrected chi connectivity index (χ0v) is 12.2. The molecule has 1 unspecified atom stereocenters. The van der Waals surface area contributed by atoms with Gasteiger partial charge in [0, 0.05) is 23.0 Å². The first-order valence-corrected chi connectivity index (χ1v) is 7.65. The van der Waals surface area contributed by atoms with Crippen LogP contribution in [0.4, 0.5) is 0 Å². The van der Waals surface area contributed by atoms with Crippen LogP contribution in [0, 0.1) is 0 Å². The van der Waals surface area contributed by atoms with Crippen LogP contribution in [-0.2, 0) is 6.42 Å². The van der Waals surface area contributed by atoms with Gasteiger partial charge in [-0.15, -0.1) is 11.3 Å². The molecule has 0 spiro atoms. The van der Waals surface area contributed by atoms with Gasteiger partial charge in [-0.3, -0.25) is 9.69 Å². The second-order valence-electron chi connectivity index (χ2n) is 5.17. The maximum Gasteiger partial charge on any atom is 0.176 e. The van der Waals surface area contributed by atoms with Crippen molar-refractivity contribution in [2.75, 3.05) is 13.1 Å². The van der Waals surface area contributed by atoms with Gasteiger partial charge in [0.1, 0.15) is 5.75 Å². The van der Waals surface area contributed by atoms with Crippen LogP contribution in [0.25, 0.3) is 0 Å². The Morgan fingerprint density at radius 1 is 1.35 bits per heavy atom. The lowest BCUT2D eigenvalue weighted by atomic mass is 10.0. The number of ketones is 1. The van der Waals surface area contributed by atoms with Crippen LogP contribution in [0.2, 0.25) is 0 Å². The molecule has 0 amide bonds. The molecule has 20 heavy (non-hydrogen) atoms. The number of hydrogen-bond donors (Lipinski definition) is 1. The zero-order valence-electron chi connectivity index (χ0n) is 11.4. The fraction of sp³-hybridized carbons (Fsp3) is 0.312. The lowest BCUT2D eigenvalue weighted by molar-refractivity contribution is 0.0891. The van der Waals surface area contributed by atoms with E-state index in [1.165, 1.54) is 10.4 Å². The van der Waals surface area contributed by atoms with Crippen molar-refractivity contribution < 1.29 is 9.90 Å². The molecule has 0 aliphatic carbocycles. The summed E-state index contributed by atoms with van der Waals surface area (Å²) in [5, 5.41) is 11.4. The highest BCUT2D eigenvalue weighted by atomic mass is 32.1. The SMILES string of the molecule is CC1c2ccsc2CCN1CC(=O)c1ccc(O)cc1. The van der Waals surface area contributed by atoms with Gasteiger partial charge in [0.15, 0.2) is 5.78 Å². The van der Waals surface area contributed by atoms with Gasteiger partial charge in [0.2, 0.25) is 0 Å². The first-order chi connectivity index (χ1) is 9.65. The molecular formula is C16H17NO2S. The number of phenolic OH excluding ortho intramolecular Hbond substituents is 1. The number of hydrogen-bond acceptors (Lipinski definition) is 4. The lowest BCUT2D eigenvalue weighted by Crippen LogP contribution is -2.37. The Bertz CT molecular complexity index is 618. The minimum atomic E-state index is 0.107. The van der Waals surface area contributed by atoms with Gasteiger partial charge in [0.25, 0.3) is 0 Å². The highest BCUT2D eigenvalue weighted by Gasteiger charge is 2.26. The van der Waals surface area contributed by atoms with E-state index in [1.54, 1.807) is 24.3 Å². The number of aromatic hydroxyl groups is 1. The molecule has 1 aliphatic heterocycles. The van der Waals surface area contributed by atoms with Crippen molar-refractivity contribution in [3.63, 3.8) is 0 Å². The van der Waals surface area contributed by atoms with E-state index in [4.69, 9.17) is 0 Å². The van der Waals surface area contributed by atoms with E-state index in [0.29, 0.717) is 18.2 Å². The van der Waals surface area contributed by atoms with Crippen LogP contribution in [-0.4, -0.2) is 28.9 Å². The zero-order chi connectivity index (χ0) is 14.1. The largest absolute Gasteiger partial charge is 0.508 e. The van der Waals surface area contributed by atoms with E-state index in [9.17, 15) is 9.90 Å². The van der Waals surface area contributed by atoms with E-state index in [2.05, 4.69) is 23.3 Å². The normalized spacial score (nSPS) is 18.8. The van der Waals surface area contributed by atoms with Crippen LogP contribution in [0.15, 0.2) is 35.7 Å². The number of rotatable bonds is 3. The topological polar surface area (TPSA) is 40.5 Å². The Kier molecular flexibility index (Phi) is 3.59. The standard InChI is InChI=1S/C16H17NO2S/c1-11-14-7-9-20-16(14)6-8-17(11)10-15(19)12-2-4-13(18)5-3-12/h2-5,7,9,11,18H,6,8,10H2,1H3. The maximum atomic E-state index is 12.3. The van der Waals surface area contributed by atoms with Crippen LogP contribution in [0.3, 0.4) is 0 Å². The first kappa shape index (κ1) is 13.3. The van der Waals surface area contributed by atoms with E-state index >= 15 is 0 Å². The molecule has 0 radical (unpaired) electrons. The van der Waals surface area contributed by atoms with E-state index < -0.39 is 0 Å². The monoisotopic (exact) mass is 287 g/mol. The number of phenols is 1. The van der Waals surface area contributed by atoms with Crippen molar-refractivity contribution in [2.24, 2.45) is 0 Å². The Hall–Kier alpha value is -1.65. The van der Waals surface area contributed by atoms with Crippen molar-refractivity contribution in [3.05, 3.63) is 51.7 Å². The molecule has 4 heteroatoms. The number of nitrogens with zero attached hydrogens (tertiary/aromatic N) is 1. The molecule has 1 aromatic heterocycles. The molecule has 104 valence electrons. The fourth-order valence-corrected chi connectivity index (χ4v) is 3.66. The van der Waals surface area contributed by atoms with Crippen molar-refractivity contribution in [2.45, 2.75) is 19.4 Å². The van der Waals surface area contributed by atoms with Gasteiger partial charge in [-0.1, -0.05) is 0 Å². The number of fused-ring (bicyclic) bond motifs is 1. The molecule has 0 saturated carbocycles. The minimum Gasteiger partial charge on any atom is -0.508 e. The van der Waals surface area contributed by atoms with E-state index in [0.717, 1.165) is 13.0 Å². The highest BCUT2D eigenvalue weighted by Crippen LogP contribution is 2.32. The summed E-state index contributed by atoms with van der Waals surface area (Å²) in [6.45, 7) is 3.52. The van der Waals surface area contributed by atoms with Gasteiger partial charge >= 0.3 is 0 Å². The quantitative estimate of drug-likeness (QED) is 0.881. The molecule has 3 nitrogen and oxygen atoms in total. The number of carbonyl (C=O) groups excluding carboxylic acids is 1. The average Bonchev–Trinajstić information content (AvgIpc) is 2.92. The number of benzene rings is 1. The third-order valence-electron chi connectivity index (χ3n) is 3.94. The second-order valence-corrected chi connectivity index (χ2v) is 6.17. The molecule has 1 aliphatic rings. The summed E-state index contributed by atoms with van der Waals surface area (Å²) < 4.78 is 0. The van der Waals surface area contributed by atoms with Crippen molar-refractivity contribution in [1.82, 2.24) is 4.90 Å². The summed E-state index contributed by atoms with van der Waals surface area (Å²) in [5.74, 6) is 0.298. The third kappa shape index (κ3) is 2.49. The summed E-state index contributed by atoms with van der Waals surface area (Å²) in [6, 6.07) is 8.95. The Morgan fingerprint density at radius 3 is 2.85 bits per heavy atom. The maximum absolute atomic E-state index is 12.3. The molecular weight excluding hydrogens is 270 g/mol. The molecule has 1 atom stereocenters. The minimum absolute atomic E-state index is 0.107. The predicted molar refractivity (Wildman–Crippen MR) is 80.4 cm³/mol. The first-order valence-electron chi connectivity index (χ1n) is 6.77. The summed E-state index contributed by atoms with van der Waals surface area (Å²) >= 11 is 1.81. The number of Topliss-reactive ketones (excluding diaryl/α,β-unsaturated/α-hetero) is 1. The third-order valence-corrected chi connectivity index (χ3v) is 4.94. The number of thiophene rings is 1. The predicted octanol–water partition coefficient (Wildman–Crippen LogP) is 3.26. The Balaban J connectivity index is 1.72.